The maximum Gasteiger partial charge on any atom is 0.451 e. The van der Waals surface area contributed by atoms with Crippen LogP contribution < -0.4 is 19.5 Å². The molecule has 0 fully saturated rings. The number of anilines is 1. The Morgan fingerprint density at radius 3 is 2.18 bits per heavy atom. The largest absolute Gasteiger partial charge is 0.484 e. The van der Waals surface area contributed by atoms with Gasteiger partial charge in [-0.25, -0.2) is 9.37 Å². The fraction of sp³-hybridized carbons (Fsp3) is 0.400. The number of halogens is 8. The molecule has 1 aromatic carbocycles. The Morgan fingerprint density at radius 1 is 0.971 bits per heavy atom. The SMILES string of the molecule is CC(F)(I)COc1cc(OCC(F)(F)F)cc(CCC(=O)Nc2ccc(OC(F)(F)I)cc2)n1. The van der Waals surface area contributed by atoms with Crippen molar-refractivity contribution in [3.05, 3.63) is 42.1 Å². The minimum atomic E-state index is -4.57. The number of ether oxygens (including phenoxy) is 3. The second-order valence-corrected chi connectivity index (χ2v) is 10.5. The van der Waals surface area contributed by atoms with Crippen molar-refractivity contribution in [3.63, 3.8) is 0 Å². The molecule has 1 unspecified atom stereocenters. The Bertz CT molecular complexity index is 927. The van der Waals surface area contributed by atoms with Crippen LogP contribution in [0.1, 0.15) is 19.0 Å². The topological polar surface area (TPSA) is 69.7 Å². The molecule has 1 aromatic heterocycles. The molecule has 14 heteroatoms. The zero-order chi connectivity index (χ0) is 25.6. The number of aryl methyl sites for hydroxylation is 1. The first-order valence-corrected chi connectivity index (χ1v) is 11.6. The first-order valence-electron chi connectivity index (χ1n) is 9.45. The second-order valence-electron chi connectivity index (χ2n) is 7.02. The third-order valence-electron chi connectivity index (χ3n) is 3.68. The van der Waals surface area contributed by atoms with Crippen LogP contribution in [-0.4, -0.2) is 38.1 Å². The lowest BCUT2D eigenvalue weighted by Gasteiger charge is -2.15. The van der Waals surface area contributed by atoms with Crippen LogP contribution in [0.3, 0.4) is 0 Å². The summed E-state index contributed by atoms with van der Waals surface area (Å²) in [4.78, 5) is 16.3. The Morgan fingerprint density at radius 2 is 1.62 bits per heavy atom. The number of rotatable bonds is 11. The molecule has 0 spiro atoms. The van der Waals surface area contributed by atoms with Crippen molar-refractivity contribution in [3.8, 4) is 17.4 Å². The van der Waals surface area contributed by atoms with Gasteiger partial charge in [-0.3, -0.25) is 4.79 Å². The summed E-state index contributed by atoms with van der Waals surface area (Å²) < 4.78 is 86.1. The van der Waals surface area contributed by atoms with E-state index in [1.807, 2.05) is 0 Å². The van der Waals surface area contributed by atoms with Gasteiger partial charge in [0.15, 0.2) is 10.3 Å². The van der Waals surface area contributed by atoms with Gasteiger partial charge in [-0.05, 0) is 60.2 Å². The minimum Gasteiger partial charge on any atom is -0.484 e. The lowest BCUT2D eigenvalue weighted by Crippen LogP contribution is -2.21. The van der Waals surface area contributed by atoms with Gasteiger partial charge in [0.25, 0.3) is 0 Å². The van der Waals surface area contributed by atoms with Crippen LogP contribution in [-0.2, 0) is 11.2 Å². The van der Waals surface area contributed by atoms with E-state index in [-0.39, 0.29) is 35.9 Å². The van der Waals surface area contributed by atoms with Crippen LogP contribution in [0.15, 0.2) is 36.4 Å². The van der Waals surface area contributed by atoms with Crippen LogP contribution in [0.4, 0.5) is 32.0 Å². The van der Waals surface area contributed by atoms with Crippen LogP contribution in [0, 0.1) is 0 Å². The van der Waals surface area contributed by atoms with E-state index in [1.165, 1.54) is 59.8 Å². The van der Waals surface area contributed by atoms with E-state index < -0.39 is 33.1 Å². The smallest absolute Gasteiger partial charge is 0.451 e. The van der Waals surface area contributed by atoms with Gasteiger partial charge >= 0.3 is 10.3 Å². The summed E-state index contributed by atoms with van der Waals surface area (Å²) in [6.45, 7) is -0.714. The molecule has 188 valence electrons. The molecular weight excluding hydrogens is 700 g/mol. The maximum absolute atomic E-state index is 13.7. The van der Waals surface area contributed by atoms with E-state index in [9.17, 15) is 31.1 Å². The Balaban J connectivity index is 2.02. The summed E-state index contributed by atoms with van der Waals surface area (Å²) in [6.07, 6.45) is -4.69. The van der Waals surface area contributed by atoms with Crippen molar-refractivity contribution in [2.24, 2.45) is 0 Å². The molecule has 0 saturated carbocycles. The summed E-state index contributed by atoms with van der Waals surface area (Å²) in [6, 6.07) is 7.55. The second kappa shape index (κ2) is 11.8. The third kappa shape index (κ3) is 12.1. The molecule has 0 aliphatic heterocycles. The molecule has 0 aliphatic rings. The highest BCUT2D eigenvalue weighted by Gasteiger charge is 2.29. The number of nitrogens with zero attached hydrogens (tertiary/aromatic N) is 1. The van der Waals surface area contributed by atoms with E-state index in [4.69, 9.17) is 9.47 Å². The third-order valence-corrected chi connectivity index (χ3v) is 4.22. The zero-order valence-corrected chi connectivity index (χ0v) is 21.7. The quantitative estimate of drug-likeness (QED) is 0.164. The number of carbonyl (C=O) groups excluding carboxylic acids is 1. The number of hydrogen-bond acceptors (Lipinski definition) is 5. The van der Waals surface area contributed by atoms with E-state index in [0.29, 0.717) is 5.69 Å². The van der Waals surface area contributed by atoms with E-state index >= 15 is 0 Å². The van der Waals surface area contributed by atoms with Crippen LogP contribution in [0.2, 0.25) is 0 Å². The highest BCUT2D eigenvalue weighted by atomic mass is 127. The Hall–Kier alpha value is -1.72. The molecule has 2 rings (SSSR count). The molecule has 0 saturated heterocycles. The highest BCUT2D eigenvalue weighted by Crippen LogP contribution is 2.28. The lowest BCUT2D eigenvalue weighted by molar-refractivity contribution is -0.153. The number of nitrogens with one attached hydrogen (secondary N) is 1. The molecule has 34 heavy (non-hydrogen) atoms. The molecule has 6 nitrogen and oxygen atoms in total. The highest BCUT2D eigenvalue weighted by molar-refractivity contribution is 14.1. The average Bonchev–Trinajstić information content (AvgIpc) is 2.69. The Kier molecular flexibility index (Phi) is 9.91. The number of alkyl halides is 8. The summed E-state index contributed by atoms with van der Waals surface area (Å²) in [7, 11) is 0. The predicted molar refractivity (Wildman–Crippen MR) is 128 cm³/mol. The number of pyridine rings is 1. The molecule has 2 aromatic rings. The van der Waals surface area contributed by atoms with Gasteiger partial charge in [0.05, 0.1) is 22.6 Å². The number of aromatic nitrogens is 1. The van der Waals surface area contributed by atoms with E-state index in [2.05, 4.69) is 15.0 Å². The van der Waals surface area contributed by atoms with Crippen molar-refractivity contribution >= 4 is 56.8 Å². The minimum absolute atomic E-state index is 0.00475. The maximum atomic E-state index is 13.7. The van der Waals surface area contributed by atoms with Gasteiger partial charge < -0.3 is 19.5 Å². The number of benzene rings is 1. The molecule has 1 amide bonds. The number of hydrogen-bond donors (Lipinski definition) is 1. The molecule has 0 bridgehead atoms. The first kappa shape index (κ1) is 28.5. The van der Waals surface area contributed by atoms with Crippen molar-refractivity contribution < 1.29 is 45.3 Å². The van der Waals surface area contributed by atoms with Crippen LogP contribution >= 0.6 is 45.2 Å². The molecule has 0 aliphatic carbocycles. The van der Waals surface area contributed by atoms with Crippen molar-refractivity contribution in [1.29, 1.82) is 0 Å². The fourth-order valence-corrected chi connectivity index (χ4v) is 2.80. The van der Waals surface area contributed by atoms with Gasteiger partial charge in [-0.15, -0.1) is 0 Å². The zero-order valence-electron chi connectivity index (χ0n) is 17.4. The van der Waals surface area contributed by atoms with E-state index in [0.717, 1.165) is 28.7 Å². The summed E-state index contributed by atoms with van der Waals surface area (Å²) >= 11 is 2.32. The molecule has 0 radical (unpaired) electrons. The van der Waals surface area contributed by atoms with Gasteiger partial charge in [0.1, 0.15) is 18.1 Å². The lowest BCUT2D eigenvalue weighted by atomic mass is 10.2. The monoisotopic (exact) mass is 718 g/mol. The summed E-state index contributed by atoms with van der Waals surface area (Å²) in [5.74, 6) is -0.921. The number of amides is 1. The van der Waals surface area contributed by atoms with E-state index in [1.54, 1.807) is 0 Å². The summed E-state index contributed by atoms with van der Waals surface area (Å²) in [5, 5.41) is 2.55. The Labute approximate surface area is 218 Å². The molecular formula is C20H18F6I2N2O4. The number of carbonyl (C=O) groups is 1. The molecule has 1 N–H and O–H groups in total. The van der Waals surface area contributed by atoms with Crippen molar-refractivity contribution in [2.45, 2.75) is 33.7 Å². The van der Waals surface area contributed by atoms with Crippen molar-refractivity contribution in [2.75, 3.05) is 18.5 Å². The first-order chi connectivity index (χ1) is 15.6. The molecule has 1 atom stereocenters. The normalized spacial score (nSPS) is 13.7. The summed E-state index contributed by atoms with van der Waals surface area (Å²) in [5.41, 5.74) is 0.504. The average molecular weight is 718 g/mol. The predicted octanol–water partition coefficient (Wildman–Crippen LogP) is 6.46. The fourth-order valence-electron chi connectivity index (χ4n) is 2.39. The molecule has 1 heterocycles. The van der Waals surface area contributed by atoms with Gasteiger partial charge in [0, 0.05) is 29.9 Å². The van der Waals surface area contributed by atoms with Crippen LogP contribution in [0.5, 0.6) is 17.4 Å². The standard InChI is InChI=1S/C20H18F6I2N2O4/c1-18(21,27)10-33-17-9-15(32-11-19(22,23)24)8-13(30-17)4-7-16(31)29-12-2-5-14(6-3-12)34-20(25,26)28/h2-3,5-6,8-9H,4,7,10-11H2,1H3,(H,29,31). The van der Waals surface area contributed by atoms with Crippen LogP contribution in [0.25, 0.3) is 0 Å². The van der Waals surface area contributed by atoms with Gasteiger partial charge in [0.2, 0.25) is 11.8 Å². The van der Waals surface area contributed by atoms with Crippen molar-refractivity contribution in [1.82, 2.24) is 4.98 Å². The van der Waals surface area contributed by atoms with Gasteiger partial charge in [-0.2, -0.15) is 22.0 Å². The van der Waals surface area contributed by atoms with Gasteiger partial charge in [-0.1, -0.05) is 0 Å².